The molecule has 0 aliphatic carbocycles. The maximum Gasteiger partial charge on any atom is 0.243 e. The van der Waals surface area contributed by atoms with Crippen LogP contribution < -0.4 is 5.32 Å². The fourth-order valence-corrected chi connectivity index (χ4v) is 2.99. The summed E-state index contributed by atoms with van der Waals surface area (Å²) in [5.41, 5.74) is 4.41. The number of anilines is 1. The van der Waals surface area contributed by atoms with Crippen molar-refractivity contribution in [2.75, 3.05) is 18.9 Å². The fraction of sp³-hybridized carbons (Fsp3) is 0.333. The van der Waals surface area contributed by atoms with E-state index >= 15 is 0 Å². The number of nitrogens with zero attached hydrogens (tertiary/aromatic N) is 1. The van der Waals surface area contributed by atoms with Gasteiger partial charge in [0.15, 0.2) is 0 Å². The molecule has 0 radical (unpaired) electrons. The van der Waals surface area contributed by atoms with Crippen LogP contribution in [0.25, 0.3) is 0 Å². The number of benzene rings is 2. The number of carbonyl (C=O) groups excluding carboxylic acids is 2. The Balaban J connectivity index is 1.90. The molecule has 0 atom stereocenters. The number of carbonyl (C=O) groups is 2. The number of hydrogen-bond acceptors (Lipinski definition) is 2. The van der Waals surface area contributed by atoms with Crippen LogP contribution in [0.2, 0.25) is 0 Å². The van der Waals surface area contributed by atoms with Gasteiger partial charge in [0.1, 0.15) is 5.82 Å². The average Bonchev–Trinajstić information content (AvgIpc) is 2.57. The molecule has 2 rings (SSSR count). The first-order valence-corrected chi connectivity index (χ1v) is 8.63. The number of amides is 2. The van der Waals surface area contributed by atoms with Gasteiger partial charge in [-0.25, -0.2) is 4.39 Å². The van der Waals surface area contributed by atoms with Crippen LogP contribution in [0.15, 0.2) is 36.4 Å². The maximum absolute atomic E-state index is 13.6. The van der Waals surface area contributed by atoms with Crippen LogP contribution in [-0.4, -0.2) is 30.3 Å². The number of hydrogen-bond donors (Lipinski definition) is 1. The van der Waals surface area contributed by atoms with Crippen LogP contribution in [0.1, 0.15) is 28.7 Å². The molecule has 5 heteroatoms. The molecule has 0 heterocycles. The molecular weight excluding hydrogens is 331 g/mol. The number of aryl methyl sites for hydroxylation is 4. The highest BCUT2D eigenvalue weighted by molar-refractivity contribution is 5.95. The number of likely N-dealkylation sites (N-methyl/N-ethyl adjacent to an activating group) is 1. The highest BCUT2D eigenvalue weighted by atomic mass is 19.1. The maximum atomic E-state index is 13.6. The van der Waals surface area contributed by atoms with Gasteiger partial charge in [-0.1, -0.05) is 35.9 Å². The lowest BCUT2D eigenvalue weighted by Crippen LogP contribution is -2.35. The summed E-state index contributed by atoms with van der Waals surface area (Å²) in [5, 5.41) is 2.88. The zero-order valence-corrected chi connectivity index (χ0v) is 15.7. The van der Waals surface area contributed by atoms with Crippen molar-refractivity contribution in [3.63, 3.8) is 0 Å². The van der Waals surface area contributed by atoms with E-state index in [0.717, 1.165) is 22.4 Å². The smallest absolute Gasteiger partial charge is 0.243 e. The molecule has 0 aromatic heterocycles. The van der Waals surface area contributed by atoms with E-state index in [1.807, 2.05) is 32.9 Å². The highest BCUT2D eigenvalue weighted by Crippen LogP contribution is 2.21. The Morgan fingerprint density at radius 1 is 1.08 bits per heavy atom. The van der Waals surface area contributed by atoms with E-state index in [9.17, 15) is 14.0 Å². The van der Waals surface area contributed by atoms with Crippen molar-refractivity contribution in [2.45, 2.75) is 33.6 Å². The predicted octanol–water partition coefficient (Wildman–Crippen LogP) is 3.78. The first-order valence-electron chi connectivity index (χ1n) is 8.63. The zero-order valence-electron chi connectivity index (χ0n) is 15.7. The standard InChI is InChI=1S/C21H25FN2O2/c1-14-11-15(2)21(16(3)12-14)23-19(25)13-24(4)20(26)10-9-17-7-5-6-8-18(17)22/h5-8,11-12H,9-10,13H2,1-4H3,(H,23,25). The van der Waals surface area contributed by atoms with Crippen LogP contribution in [0, 0.1) is 26.6 Å². The molecule has 0 saturated heterocycles. The zero-order chi connectivity index (χ0) is 19.3. The molecule has 2 amide bonds. The number of nitrogens with one attached hydrogen (secondary N) is 1. The minimum Gasteiger partial charge on any atom is -0.336 e. The molecule has 0 aliphatic heterocycles. The minimum absolute atomic E-state index is 0.0388. The predicted molar refractivity (Wildman–Crippen MR) is 102 cm³/mol. The van der Waals surface area contributed by atoms with E-state index in [4.69, 9.17) is 0 Å². The first kappa shape index (κ1) is 19.6. The molecule has 26 heavy (non-hydrogen) atoms. The molecule has 0 spiro atoms. The lowest BCUT2D eigenvalue weighted by atomic mass is 10.1. The largest absolute Gasteiger partial charge is 0.336 e. The van der Waals surface area contributed by atoms with E-state index in [-0.39, 0.29) is 30.6 Å². The molecule has 1 N–H and O–H groups in total. The van der Waals surface area contributed by atoms with Gasteiger partial charge >= 0.3 is 0 Å². The van der Waals surface area contributed by atoms with Crippen LogP contribution >= 0.6 is 0 Å². The first-order chi connectivity index (χ1) is 12.3. The second kappa shape index (κ2) is 8.61. The van der Waals surface area contributed by atoms with Gasteiger partial charge in [0.05, 0.1) is 6.54 Å². The Morgan fingerprint density at radius 2 is 1.69 bits per heavy atom. The Labute approximate surface area is 154 Å². The van der Waals surface area contributed by atoms with Crippen molar-refractivity contribution in [1.29, 1.82) is 0 Å². The summed E-state index contributed by atoms with van der Waals surface area (Å²) < 4.78 is 13.6. The van der Waals surface area contributed by atoms with Gasteiger partial charge in [0, 0.05) is 19.2 Å². The summed E-state index contributed by atoms with van der Waals surface area (Å²) >= 11 is 0. The topological polar surface area (TPSA) is 49.4 Å². The molecule has 2 aromatic rings. The summed E-state index contributed by atoms with van der Waals surface area (Å²) in [7, 11) is 1.58. The lowest BCUT2D eigenvalue weighted by Gasteiger charge is -2.18. The highest BCUT2D eigenvalue weighted by Gasteiger charge is 2.15. The summed E-state index contributed by atoms with van der Waals surface area (Å²) in [6.07, 6.45) is 0.473. The van der Waals surface area contributed by atoms with Crippen molar-refractivity contribution in [3.05, 3.63) is 64.5 Å². The van der Waals surface area contributed by atoms with Gasteiger partial charge in [-0.15, -0.1) is 0 Å². The monoisotopic (exact) mass is 356 g/mol. The summed E-state index contributed by atoms with van der Waals surface area (Å²) in [6.45, 7) is 5.86. The van der Waals surface area contributed by atoms with Crippen LogP contribution in [0.3, 0.4) is 0 Å². The van der Waals surface area contributed by atoms with Crippen LogP contribution in [0.4, 0.5) is 10.1 Å². The van der Waals surface area contributed by atoms with Gasteiger partial charge in [-0.3, -0.25) is 9.59 Å². The van der Waals surface area contributed by atoms with Gasteiger partial charge in [-0.05, 0) is 49.9 Å². The number of halogens is 1. The van der Waals surface area contributed by atoms with Crippen LogP contribution in [-0.2, 0) is 16.0 Å². The molecule has 4 nitrogen and oxygen atoms in total. The van der Waals surface area contributed by atoms with E-state index in [1.165, 1.54) is 11.0 Å². The molecular formula is C21H25FN2O2. The van der Waals surface area contributed by atoms with Crippen molar-refractivity contribution < 1.29 is 14.0 Å². The fourth-order valence-electron chi connectivity index (χ4n) is 2.99. The molecule has 0 bridgehead atoms. The van der Waals surface area contributed by atoms with E-state index in [0.29, 0.717) is 12.0 Å². The minimum atomic E-state index is -0.314. The van der Waals surface area contributed by atoms with Crippen molar-refractivity contribution >= 4 is 17.5 Å². The van der Waals surface area contributed by atoms with Gasteiger partial charge in [0.2, 0.25) is 11.8 Å². The van der Waals surface area contributed by atoms with Crippen LogP contribution in [0.5, 0.6) is 0 Å². The summed E-state index contributed by atoms with van der Waals surface area (Å²) in [5.74, 6) is -0.756. The van der Waals surface area contributed by atoms with Gasteiger partial charge in [-0.2, -0.15) is 0 Å². The van der Waals surface area contributed by atoms with E-state index in [1.54, 1.807) is 25.2 Å². The normalized spacial score (nSPS) is 10.5. The second-order valence-corrected chi connectivity index (χ2v) is 6.66. The lowest BCUT2D eigenvalue weighted by molar-refractivity contribution is -0.133. The molecule has 2 aromatic carbocycles. The second-order valence-electron chi connectivity index (χ2n) is 6.66. The third kappa shape index (κ3) is 5.15. The van der Waals surface area contributed by atoms with E-state index < -0.39 is 0 Å². The Bertz CT molecular complexity index is 794. The van der Waals surface area contributed by atoms with E-state index in [2.05, 4.69) is 5.32 Å². The van der Waals surface area contributed by atoms with Crippen molar-refractivity contribution in [3.8, 4) is 0 Å². The molecule has 0 unspecified atom stereocenters. The Kier molecular flexibility index (Phi) is 6.50. The molecule has 0 fully saturated rings. The Morgan fingerprint density at radius 3 is 2.31 bits per heavy atom. The molecule has 0 saturated carbocycles. The Hall–Kier alpha value is -2.69. The quantitative estimate of drug-likeness (QED) is 0.856. The third-order valence-corrected chi connectivity index (χ3v) is 4.31. The van der Waals surface area contributed by atoms with Gasteiger partial charge < -0.3 is 10.2 Å². The average molecular weight is 356 g/mol. The summed E-state index contributed by atoms with van der Waals surface area (Å²) in [6, 6.07) is 10.4. The SMILES string of the molecule is Cc1cc(C)c(NC(=O)CN(C)C(=O)CCc2ccccc2F)c(C)c1. The summed E-state index contributed by atoms with van der Waals surface area (Å²) in [4.78, 5) is 25.9. The third-order valence-electron chi connectivity index (χ3n) is 4.31. The van der Waals surface area contributed by atoms with Crippen molar-refractivity contribution in [2.24, 2.45) is 0 Å². The molecule has 0 aliphatic rings. The van der Waals surface area contributed by atoms with Crippen molar-refractivity contribution in [1.82, 2.24) is 4.90 Å². The molecule has 138 valence electrons. The number of rotatable bonds is 6. The van der Waals surface area contributed by atoms with Gasteiger partial charge in [0.25, 0.3) is 0 Å².